The smallest absolute Gasteiger partial charge is 0.306 e. The predicted molar refractivity (Wildman–Crippen MR) is 79.3 cm³/mol. The highest BCUT2D eigenvalue weighted by Gasteiger charge is 2.18. The Morgan fingerprint density at radius 2 is 1.89 bits per heavy atom. The summed E-state index contributed by atoms with van der Waals surface area (Å²) in [5.41, 5.74) is 0. The first kappa shape index (κ1) is 18.2. The summed E-state index contributed by atoms with van der Waals surface area (Å²) in [4.78, 5) is 10.9. The van der Waals surface area contributed by atoms with Gasteiger partial charge in [0.15, 0.2) is 0 Å². The summed E-state index contributed by atoms with van der Waals surface area (Å²) in [5, 5.41) is 8.95. The molecule has 19 heavy (non-hydrogen) atoms. The van der Waals surface area contributed by atoms with Crippen LogP contribution in [0.1, 0.15) is 65.2 Å². The summed E-state index contributed by atoms with van der Waals surface area (Å²) in [5.74, 6) is -1.08. The van der Waals surface area contributed by atoms with Crippen LogP contribution >= 0.6 is 0 Å². The minimum atomic E-state index is -0.741. The van der Waals surface area contributed by atoms with Crippen molar-refractivity contribution in [2.75, 3.05) is 6.61 Å². The highest BCUT2D eigenvalue weighted by Crippen LogP contribution is 2.17. The first-order valence-corrected chi connectivity index (χ1v) is 7.57. The summed E-state index contributed by atoms with van der Waals surface area (Å²) >= 11 is 0. The molecule has 0 heterocycles. The van der Waals surface area contributed by atoms with Crippen LogP contribution in [0.15, 0.2) is 12.7 Å². The van der Waals surface area contributed by atoms with Crippen LogP contribution in [0.25, 0.3) is 0 Å². The van der Waals surface area contributed by atoms with Gasteiger partial charge in [-0.25, -0.2) is 0 Å². The number of aliphatic carboxylic acids is 1. The number of ether oxygens (including phenoxy) is 1. The molecule has 0 aromatic carbocycles. The molecule has 0 aromatic rings. The quantitative estimate of drug-likeness (QED) is 0.398. The van der Waals surface area contributed by atoms with Gasteiger partial charge < -0.3 is 9.84 Å². The maximum Gasteiger partial charge on any atom is 0.306 e. The van der Waals surface area contributed by atoms with Crippen molar-refractivity contribution in [1.82, 2.24) is 0 Å². The van der Waals surface area contributed by atoms with Crippen LogP contribution in [0.3, 0.4) is 0 Å². The van der Waals surface area contributed by atoms with Crippen molar-refractivity contribution < 1.29 is 14.6 Å². The standard InChI is InChI=1S/C16H30O3/c1-4-6-7-8-9-10-11-15(19-12-5-2)13-14(3)16(17)18/h5,14-15H,2,4,6-13H2,1,3H3,(H,17,18). The third-order valence-corrected chi connectivity index (χ3v) is 3.37. The molecule has 0 aliphatic rings. The van der Waals surface area contributed by atoms with Gasteiger partial charge in [-0.3, -0.25) is 4.79 Å². The van der Waals surface area contributed by atoms with Crippen molar-refractivity contribution in [2.45, 2.75) is 71.3 Å². The van der Waals surface area contributed by atoms with E-state index in [0.29, 0.717) is 13.0 Å². The lowest BCUT2D eigenvalue weighted by Gasteiger charge is -2.19. The van der Waals surface area contributed by atoms with Crippen LogP contribution in [0.4, 0.5) is 0 Å². The Labute approximate surface area is 118 Å². The van der Waals surface area contributed by atoms with Gasteiger partial charge in [0.2, 0.25) is 0 Å². The number of hydrogen-bond acceptors (Lipinski definition) is 2. The molecule has 0 aromatic heterocycles. The van der Waals surface area contributed by atoms with Gasteiger partial charge in [0.25, 0.3) is 0 Å². The first-order valence-electron chi connectivity index (χ1n) is 7.57. The summed E-state index contributed by atoms with van der Waals surface area (Å²) in [6, 6.07) is 0. The fourth-order valence-corrected chi connectivity index (χ4v) is 2.12. The molecule has 0 saturated carbocycles. The van der Waals surface area contributed by atoms with Crippen molar-refractivity contribution >= 4 is 5.97 Å². The predicted octanol–water partition coefficient (Wildman–Crippen LogP) is 4.42. The first-order chi connectivity index (χ1) is 9.11. The number of rotatable bonds is 13. The third kappa shape index (κ3) is 10.8. The van der Waals surface area contributed by atoms with E-state index in [1.165, 1.54) is 32.1 Å². The molecule has 2 unspecified atom stereocenters. The van der Waals surface area contributed by atoms with Crippen LogP contribution in [0.5, 0.6) is 0 Å². The molecular formula is C16H30O3. The van der Waals surface area contributed by atoms with Crippen LogP contribution in [0.2, 0.25) is 0 Å². The average Bonchev–Trinajstić information content (AvgIpc) is 2.39. The fourth-order valence-electron chi connectivity index (χ4n) is 2.12. The number of unbranched alkanes of at least 4 members (excludes halogenated alkanes) is 5. The highest BCUT2D eigenvalue weighted by molar-refractivity contribution is 5.69. The van der Waals surface area contributed by atoms with Crippen molar-refractivity contribution in [3.8, 4) is 0 Å². The molecule has 0 fully saturated rings. The van der Waals surface area contributed by atoms with Gasteiger partial charge in [-0.15, -0.1) is 6.58 Å². The second-order valence-corrected chi connectivity index (χ2v) is 5.28. The number of hydrogen-bond donors (Lipinski definition) is 1. The van der Waals surface area contributed by atoms with Gasteiger partial charge in [-0.05, 0) is 12.8 Å². The largest absolute Gasteiger partial charge is 0.481 e. The van der Waals surface area contributed by atoms with Crippen LogP contribution in [-0.4, -0.2) is 23.8 Å². The fraction of sp³-hybridized carbons (Fsp3) is 0.812. The van der Waals surface area contributed by atoms with Gasteiger partial charge in [-0.2, -0.15) is 0 Å². The van der Waals surface area contributed by atoms with Crippen molar-refractivity contribution in [3.05, 3.63) is 12.7 Å². The normalized spacial score (nSPS) is 14.0. The number of carbonyl (C=O) groups is 1. The van der Waals surface area contributed by atoms with Crippen LogP contribution < -0.4 is 0 Å². The zero-order chi connectivity index (χ0) is 14.5. The van der Waals surface area contributed by atoms with E-state index < -0.39 is 5.97 Å². The monoisotopic (exact) mass is 270 g/mol. The molecule has 1 N–H and O–H groups in total. The molecule has 2 atom stereocenters. The molecule has 0 radical (unpaired) electrons. The minimum Gasteiger partial charge on any atom is -0.481 e. The second kappa shape index (κ2) is 12.2. The lowest BCUT2D eigenvalue weighted by Crippen LogP contribution is -2.21. The topological polar surface area (TPSA) is 46.5 Å². The molecule has 0 aliphatic carbocycles. The molecule has 0 bridgehead atoms. The maximum atomic E-state index is 10.9. The lowest BCUT2D eigenvalue weighted by molar-refractivity contribution is -0.142. The highest BCUT2D eigenvalue weighted by atomic mass is 16.5. The van der Waals surface area contributed by atoms with E-state index in [0.717, 1.165) is 12.8 Å². The molecule has 3 heteroatoms. The van der Waals surface area contributed by atoms with E-state index in [9.17, 15) is 4.79 Å². The van der Waals surface area contributed by atoms with Crippen LogP contribution in [-0.2, 0) is 9.53 Å². The number of carboxylic acid groups (broad SMARTS) is 1. The van der Waals surface area contributed by atoms with Gasteiger partial charge in [0.1, 0.15) is 0 Å². The molecule has 3 nitrogen and oxygen atoms in total. The molecule has 112 valence electrons. The van der Waals surface area contributed by atoms with E-state index >= 15 is 0 Å². The minimum absolute atomic E-state index is 0.0512. The van der Waals surface area contributed by atoms with Gasteiger partial charge in [0, 0.05) is 0 Å². The SMILES string of the molecule is C=CCOC(CCCCCCCC)CC(C)C(=O)O. The second-order valence-electron chi connectivity index (χ2n) is 5.28. The van der Waals surface area contributed by atoms with E-state index in [4.69, 9.17) is 9.84 Å². The Morgan fingerprint density at radius 1 is 1.26 bits per heavy atom. The Kier molecular flexibility index (Phi) is 11.7. The Balaban J connectivity index is 3.85. The molecular weight excluding hydrogens is 240 g/mol. The van der Waals surface area contributed by atoms with E-state index in [-0.39, 0.29) is 12.0 Å². The summed E-state index contributed by atoms with van der Waals surface area (Å²) in [7, 11) is 0. The third-order valence-electron chi connectivity index (χ3n) is 3.37. The van der Waals surface area contributed by atoms with E-state index in [1.807, 2.05) is 0 Å². The van der Waals surface area contributed by atoms with Gasteiger partial charge >= 0.3 is 5.97 Å². The zero-order valence-electron chi connectivity index (χ0n) is 12.6. The Hall–Kier alpha value is -0.830. The van der Waals surface area contributed by atoms with Gasteiger partial charge in [-0.1, -0.05) is 58.4 Å². The van der Waals surface area contributed by atoms with Crippen molar-refractivity contribution in [2.24, 2.45) is 5.92 Å². The molecule has 0 rings (SSSR count). The molecule has 0 saturated heterocycles. The van der Waals surface area contributed by atoms with E-state index in [2.05, 4.69) is 13.5 Å². The molecule has 0 spiro atoms. The molecule has 0 aliphatic heterocycles. The summed E-state index contributed by atoms with van der Waals surface area (Å²) < 4.78 is 5.66. The van der Waals surface area contributed by atoms with Crippen molar-refractivity contribution in [3.63, 3.8) is 0 Å². The zero-order valence-corrected chi connectivity index (χ0v) is 12.6. The Bertz CT molecular complexity index is 238. The molecule has 0 amide bonds. The average molecular weight is 270 g/mol. The maximum absolute atomic E-state index is 10.9. The Morgan fingerprint density at radius 3 is 2.47 bits per heavy atom. The summed E-state index contributed by atoms with van der Waals surface area (Å²) in [6.07, 6.45) is 10.8. The van der Waals surface area contributed by atoms with Gasteiger partial charge in [0.05, 0.1) is 18.6 Å². The van der Waals surface area contributed by atoms with Crippen molar-refractivity contribution in [1.29, 1.82) is 0 Å². The number of carboxylic acids is 1. The van der Waals surface area contributed by atoms with Crippen LogP contribution in [0, 0.1) is 5.92 Å². The lowest BCUT2D eigenvalue weighted by atomic mass is 9.99. The summed E-state index contributed by atoms with van der Waals surface area (Å²) in [6.45, 7) is 8.10. The van der Waals surface area contributed by atoms with E-state index in [1.54, 1.807) is 13.0 Å².